The molecular formula is C16H12FN4O5-. The van der Waals surface area contributed by atoms with E-state index in [1.54, 1.807) is 0 Å². The van der Waals surface area contributed by atoms with Crippen molar-refractivity contribution in [2.45, 2.75) is 0 Å². The molecule has 0 aliphatic rings. The van der Waals surface area contributed by atoms with Crippen LogP contribution in [0.5, 0.6) is 5.75 Å². The van der Waals surface area contributed by atoms with E-state index >= 15 is 0 Å². The fourth-order valence-electron chi connectivity index (χ4n) is 1.86. The predicted octanol–water partition coefficient (Wildman–Crippen LogP) is 0.688. The van der Waals surface area contributed by atoms with Gasteiger partial charge in [0.2, 0.25) is 0 Å². The van der Waals surface area contributed by atoms with Crippen molar-refractivity contribution in [3.05, 3.63) is 69.5 Å². The Bertz CT molecular complexity index is 885. The van der Waals surface area contributed by atoms with Crippen LogP contribution in [0.4, 0.5) is 10.1 Å². The molecule has 0 aliphatic carbocycles. The molecule has 0 heterocycles. The number of halogens is 1. The van der Waals surface area contributed by atoms with Gasteiger partial charge in [-0.15, -0.1) is 0 Å². The Labute approximate surface area is 146 Å². The standard InChI is InChI=1S/C16H13FN4O5/c17-12-3-1-2-10(6-12)16(24)18-9-15(23)20-19-8-11-7-13(21(25)26)4-5-14(11)22/h1-8,22H,9H2,(H,18,24)(H,20,23)/p-1/b19-8-. The van der Waals surface area contributed by atoms with Gasteiger partial charge in [-0.05, 0) is 23.8 Å². The van der Waals surface area contributed by atoms with E-state index in [9.17, 15) is 29.2 Å². The Morgan fingerprint density at radius 3 is 2.69 bits per heavy atom. The second-order valence-electron chi connectivity index (χ2n) is 4.97. The number of nitrogens with zero attached hydrogens (tertiary/aromatic N) is 2. The monoisotopic (exact) mass is 359 g/mol. The van der Waals surface area contributed by atoms with Gasteiger partial charge in [0.1, 0.15) is 5.82 Å². The Morgan fingerprint density at radius 1 is 1.23 bits per heavy atom. The maximum Gasteiger partial charge on any atom is 0.270 e. The molecule has 0 atom stereocenters. The average molecular weight is 359 g/mol. The average Bonchev–Trinajstić information content (AvgIpc) is 2.61. The molecule has 0 saturated heterocycles. The van der Waals surface area contributed by atoms with E-state index in [-0.39, 0.29) is 16.8 Å². The van der Waals surface area contributed by atoms with Crippen LogP contribution in [0.3, 0.4) is 0 Å². The highest BCUT2D eigenvalue weighted by Crippen LogP contribution is 2.18. The number of hydrogen-bond acceptors (Lipinski definition) is 6. The van der Waals surface area contributed by atoms with Crippen LogP contribution in [0.2, 0.25) is 0 Å². The maximum atomic E-state index is 13.0. The molecule has 0 unspecified atom stereocenters. The normalized spacial score (nSPS) is 10.5. The molecule has 0 aromatic heterocycles. The molecule has 0 bridgehead atoms. The van der Waals surface area contributed by atoms with Gasteiger partial charge in [0, 0.05) is 17.7 Å². The summed E-state index contributed by atoms with van der Waals surface area (Å²) in [4.78, 5) is 33.3. The molecule has 0 spiro atoms. The van der Waals surface area contributed by atoms with E-state index in [0.717, 1.165) is 30.5 Å². The van der Waals surface area contributed by atoms with E-state index in [2.05, 4.69) is 15.8 Å². The molecular weight excluding hydrogens is 347 g/mol. The third-order valence-electron chi connectivity index (χ3n) is 3.09. The lowest BCUT2D eigenvalue weighted by molar-refractivity contribution is -0.385. The minimum Gasteiger partial charge on any atom is -0.872 e. The molecule has 134 valence electrons. The lowest BCUT2D eigenvalue weighted by Gasteiger charge is -2.08. The molecule has 2 N–H and O–H groups in total. The fourth-order valence-corrected chi connectivity index (χ4v) is 1.86. The first kappa shape index (κ1) is 18.5. The largest absolute Gasteiger partial charge is 0.872 e. The van der Waals surface area contributed by atoms with E-state index < -0.39 is 34.8 Å². The Hall–Kier alpha value is -3.82. The number of rotatable bonds is 6. The number of non-ortho nitro benzene ring substituents is 1. The van der Waals surface area contributed by atoms with Crippen molar-refractivity contribution in [1.82, 2.24) is 10.7 Å². The predicted molar refractivity (Wildman–Crippen MR) is 87.0 cm³/mol. The maximum absolute atomic E-state index is 13.0. The van der Waals surface area contributed by atoms with Crippen LogP contribution in [-0.4, -0.2) is 29.5 Å². The molecule has 0 saturated carbocycles. The summed E-state index contributed by atoms with van der Waals surface area (Å²) in [5.41, 5.74) is 1.74. The minimum absolute atomic E-state index is 0.0499. The van der Waals surface area contributed by atoms with Crippen molar-refractivity contribution in [3.8, 4) is 5.75 Å². The molecule has 2 aromatic carbocycles. The van der Waals surface area contributed by atoms with Gasteiger partial charge in [-0.2, -0.15) is 5.10 Å². The smallest absolute Gasteiger partial charge is 0.270 e. The number of nitro benzene ring substituents is 1. The first-order chi connectivity index (χ1) is 12.4. The summed E-state index contributed by atoms with van der Waals surface area (Å²) >= 11 is 0. The summed E-state index contributed by atoms with van der Waals surface area (Å²) in [7, 11) is 0. The molecule has 10 heteroatoms. The second-order valence-corrected chi connectivity index (χ2v) is 4.97. The Balaban J connectivity index is 1.89. The van der Waals surface area contributed by atoms with Gasteiger partial charge in [0.05, 0.1) is 17.7 Å². The molecule has 9 nitrogen and oxygen atoms in total. The summed E-state index contributed by atoms with van der Waals surface area (Å²) in [6, 6.07) is 8.02. The first-order valence-corrected chi connectivity index (χ1v) is 7.18. The van der Waals surface area contributed by atoms with E-state index in [1.165, 1.54) is 18.2 Å². The SMILES string of the molecule is O=C(CNC(=O)c1cccc(F)c1)N/N=C\c1cc([N+](=O)[O-])ccc1[O-]. The zero-order valence-corrected chi connectivity index (χ0v) is 13.1. The van der Waals surface area contributed by atoms with Crippen molar-refractivity contribution in [1.29, 1.82) is 0 Å². The summed E-state index contributed by atoms with van der Waals surface area (Å²) < 4.78 is 13.0. The number of carbonyl (C=O) groups excluding carboxylic acids is 2. The molecule has 0 radical (unpaired) electrons. The number of nitrogens with one attached hydrogen (secondary N) is 2. The van der Waals surface area contributed by atoms with Crippen LogP contribution in [0.1, 0.15) is 15.9 Å². The molecule has 0 fully saturated rings. The number of benzene rings is 2. The highest BCUT2D eigenvalue weighted by Gasteiger charge is 2.08. The minimum atomic E-state index is -0.705. The van der Waals surface area contributed by atoms with Crippen LogP contribution in [0.15, 0.2) is 47.6 Å². The lowest BCUT2D eigenvalue weighted by atomic mass is 10.2. The van der Waals surface area contributed by atoms with Gasteiger partial charge >= 0.3 is 0 Å². The summed E-state index contributed by atoms with van der Waals surface area (Å²) in [5.74, 6) is -2.45. The van der Waals surface area contributed by atoms with Crippen molar-refractivity contribution >= 4 is 23.7 Å². The van der Waals surface area contributed by atoms with Crippen molar-refractivity contribution in [2.24, 2.45) is 5.10 Å². The van der Waals surface area contributed by atoms with Crippen molar-refractivity contribution in [3.63, 3.8) is 0 Å². The van der Waals surface area contributed by atoms with E-state index in [0.29, 0.717) is 0 Å². The second kappa shape index (κ2) is 8.33. The Kier molecular flexibility index (Phi) is 5.93. The zero-order chi connectivity index (χ0) is 19.1. The van der Waals surface area contributed by atoms with Crippen molar-refractivity contribution < 1.29 is 24.0 Å². The van der Waals surface area contributed by atoms with E-state index in [1.807, 2.05) is 0 Å². The zero-order valence-electron chi connectivity index (χ0n) is 13.1. The molecule has 2 rings (SSSR count). The fraction of sp³-hybridized carbons (Fsp3) is 0.0625. The molecule has 2 aromatic rings. The van der Waals surface area contributed by atoms with Gasteiger partial charge in [-0.1, -0.05) is 17.9 Å². The summed E-state index contributed by atoms with van der Waals surface area (Å²) in [5, 5.41) is 28.0. The highest BCUT2D eigenvalue weighted by atomic mass is 19.1. The summed E-state index contributed by atoms with van der Waals surface area (Å²) in [6.07, 6.45) is 0.960. The molecule has 0 aliphatic heterocycles. The van der Waals surface area contributed by atoms with Crippen molar-refractivity contribution in [2.75, 3.05) is 6.54 Å². The van der Waals surface area contributed by atoms with Gasteiger partial charge < -0.3 is 10.4 Å². The van der Waals surface area contributed by atoms with Crippen LogP contribution in [0.25, 0.3) is 0 Å². The number of nitro groups is 1. The van der Waals surface area contributed by atoms with Crippen LogP contribution in [-0.2, 0) is 4.79 Å². The third kappa shape index (κ3) is 5.09. The lowest BCUT2D eigenvalue weighted by Crippen LogP contribution is -2.34. The van der Waals surface area contributed by atoms with Crippen LogP contribution < -0.4 is 15.8 Å². The van der Waals surface area contributed by atoms with Crippen LogP contribution >= 0.6 is 0 Å². The first-order valence-electron chi connectivity index (χ1n) is 7.18. The van der Waals surface area contributed by atoms with Gasteiger partial charge in [0.15, 0.2) is 0 Å². The Morgan fingerprint density at radius 2 is 2.00 bits per heavy atom. The van der Waals surface area contributed by atoms with Gasteiger partial charge in [0.25, 0.3) is 17.5 Å². The number of carbonyl (C=O) groups is 2. The number of hydrazone groups is 1. The van der Waals surface area contributed by atoms with E-state index in [4.69, 9.17) is 0 Å². The quantitative estimate of drug-likeness (QED) is 0.444. The highest BCUT2D eigenvalue weighted by molar-refractivity contribution is 5.96. The molecule has 26 heavy (non-hydrogen) atoms. The summed E-state index contributed by atoms with van der Waals surface area (Å²) in [6.45, 7) is -0.439. The topological polar surface area (TPSA) is 137 Å². The third-order valence-corrected chi connectivity index (χ3v) is 3.09. The molecule has 2 amide bonds. The van der Waals surface area contributed by atoms with Gasteiger partial charge in [-0.25, -0.2) is 9.82 Å². The number of hydrogen-bond donors (Lipinski definition) is 2. The van der Waals surface area contributed by atoms with Gasteiger partial charge in [-0.3, -0.25) is 19.7 Å². The number of amides is 2. The van der Waals surface area contributed by atoms with Crippen LogP contribution in [0, 0.1) is 15.9 Å².